The highest BCUT2D eigenvalue weighted by Crippen LogP contribution is 2.24. The van der Waals surface area contributed by atoms with Crippen LogP contribution in [0, 0.1) is 0 Å². The van der Waals surface area contributed by atoms with Crippen LogP contribution in [0.3, 0.4) is 0 Å². The van der Waals surface area contributed by atoms with Crippen molar-refractivity contribution in [3.63, 3.8) is 0 Å². The summed E-state index contributed by atoms with van der Waals surface area (Å²) in [5.74, 6) is 0. The van der Waals surface area contributed by atoms with Crippen LogP contribution >= 0.6 is 0 Å². The molecule has 0 aliphatic rings. The predicted molar refractivity (Wildman–Crippen MR) is 78.1 cm³/mol. The number of aromatic nitrogens is 2. The van der Waals surface area contributed by atoms with Crippen molar-refractivity contribution in [2.75, 3.05) is 6.61 Å². The zero-order chi connectivity index (χ0) is 13.8. The van der Waals surface area contributed by atoms with Crippen LogP contribution in [0.2, 0.25) is 0 Å². The van der Waals surface area contributed by atoms with E-state index in [4.69, 9.17) is 4.74 Å². The topological polar surface area (TPSA) is 27.1 Å². The van der Waals surface area contributed by atoms with E-state index in [9.17, 15) is 0 Å². The van der Waals surface area contributed by atoms with Gasteiger partial charge >= 0.3 is 0 Å². The fourth-order valence-electron chi connectivity index (χ4n) is 2.23. The zero-order valence-corrected chi connectivity index (χ0v) is 12.1. The highest BCUT2D eigenvalue weighted by molar-refractivity contribution is 5.59. The SMILES string of the molecule is CCOC(C)c1ccc(-c2ccnn2C(C)C)cc1. The van der Waals surface area contributed by atoms with Gasteiger partial charge in [0.25, 0.3) is 0 Å². The average molecular weight is 258 g/mol. The second-order valence-corrected chi connectivity index (χ2v) is 4.97. The van der Waals surface area contributed by atoms with Gasteiger partial charge in [-0.3, -0.25) is 4.68 Å². The third kappa shape index (κ3) is 3.04. The third-order valence-corrected chi connectivity index (χ3v) is 3.25. The molecule has 0 aliphatic carbocycles. The summed E-state index contributed by atoms with van der Waals surface area (Å²) < 4.78 is 7.65. The quantitative estimate of drug-likeness (QED) is 0.802. The minimum absolute atomic E-state index is 0.147. The van der Waals surface area contributed by atoms with Crippen LogP contribution in [0.5, 0.6) is 0 Å². The van der Waals surface area contributed by atoms with Crippen molar-refractivity contribution in [3.8, 4) is 11.3 Å². The molecule has 2 rings (SSSR count). The Balaban J connectivity index is 2.25. The molecule has 1 aromatic heterocycles. The summed E-state index contributed by atoms with van der Waals surface area (Å²) in [6, 6.07) is 11.0. The first-order valence-electron chi connectivity index (χ1n) is 6.89. The van der Waals surface area contributed by atoms with E-state index in [-0.39, 0.29) is 6.10 Å². The zero-order valence-electron chi connectivity index (χ0n) is 12.1. The molecule has 0 saturated heterocycles. The lowest BCUT2D eigenvalue weighted by Crippen LogP contribution is -2.04. The van der Waals surface area contributed by atoms with Crippen LogP contribution in [0.1, 0.15) is 45.4 Å². The Morgan fingerprint density at radius 2 is 1.79 bits per heavy atom. The summed E-state index contributed by atoms with van der Waals surface area (Å²) in [5.41, 5.74) is 3.56. The van der Waals surface area contributed by atoms with E-state index in [0.717, 1.165) is 12.3 Å². The standard InChI is InChI=1S/C16H22N2O/c1-5-19-13(4)14-6-8-15(9-7-14)16-10-11-17-18(16)12(2)3/h6-13H,5H2,1-4H3. The lowest BCUT2D eigenvalue weighted by molar-refractivity contribution is 0.0764. The number of hydrogen-bond donors (Lipinski definition) is 0. The van der Waals surface area contributed by atoms with Crippen molar-refractivity contribution in [1.29, 1.82) is 0 Å². The van der Waals surface area contributed by atoms with E-state index in [0.29, 0.717) is 6.04 Å². The Hall–Kier alpha value is -1.61. The molecule has 102 valence electrons. The van der Waals surface area contributed by atoms with Gasteiger partial charge in [-0.05, 0) is 44.9 Å². The Labute approximate surface area is 115 Å². The van der Waals surface area contributed by atoms with Gasteiger partial charge in [0.05, 0.1) is 11.8 Å². The molecule has 2 aromatic rings. The highest BCUT2D eigenvalue weighted by atomic mass is 16.5. The maximum atomic E-state index is 5.60. The fraction of sp³-hybridized carbons (Fsp3) is 0.438. The van der Waals surface area contributed by atoms with Gasteiger partial charge in [-0.1, -0.05) is 24.3 Å². The number of rotatable bonds is 5. The van der Waals surface area contributed by atoms with Crippen LogP contribution in [0.25, 0.3) is 11.3 Å². The van der Waals surface area contributed by atoms with Crippen molar-refractivity contribution in [3.05, 3.63) is 42.1 Å². The first-order valence-corrected chi connectivity index (χ1v) is 6.89. The van der Waals surface area contributed by atoms with E-state index in [1.807, 2.05) is 17.8 Å². The molecule has 19 heavy (non-hydrogen) atoms. The van der Waals surface area contributed by atoms with Crippen molar-refractivity contribution < 1.29 is 4.74 Å². The van der Waals surface area contributed by atoms with E-state index in [1.165, 1.54) is 11.1 Å². The predicted octanol–water partition coefficient (Wildman–Crippen LogP) is 4.23. The molecule has 0 N–H and O–H groups in total. The van der Waals surface area contributed by atoms with Gasteiger partial charge in [0, 0.05) is 18.8 Å². The molecule has 0 saturated carbocycles. The van der Waals surface area contributed by atoms with Gasteiger partial charge in [-0.2, -0.15) is 5.10 Å². The van der Waals surface area contributed by atoms with Crippen molar-refractivity contribution >= 4 is 0 Å². The molecule has 1 aromatic carbocycles. The van der Waals surface area contributed by atoms with E-state index in [2.05, 4.69) is 56.2 Å². The maximum absolute atomic E-state index is 5.60. The molecule has 0 amide bonds. The number of benzene rings is 1. The van der Waals surface area contributed by atoms with Gasteiger partial charge in [0.2, 0.25) is 0 Å². The van der Waals surface area contributed by atoms with Crippen molar-refractivity contribution in [1.82, 2.24) is 9.78 Å². The molecule has 1 unspecified atom stereocenters. The number of hydrogen-bond acceptors (Lipinski definition) is 2. The molecule has 3 heteroatoms. The minimum atomic E-state index is 0.147. The third-order valence-electron chi connectivity index (χ3n) is 3.25. The average Bonchev–Trinajstić information content (AvgIpc) is 2.88. The Bertz CT molecular complexity index is 514. The summed E-state index contributed by atoms with van der Waals surface area (Å²) in [6.45, 7) is 9.12. The summed E-state index contributed by atoms with van der Waals surface area (Å²) in [5, 5.41) is 4.37. The minimum Gasteiger partial charge on any atom is -0.374 e. The molecule has 0 aliphatic heterocycles. The summed E-state index contributed by atoms with van der Waals surface area (Å²) in [7, 11) is 0. The van der Waals surface area contributed by atoms with Gasteiger partial charge in [0.15, 0.2) is 0 Å². The Morgan fingerprint density at radius 1 is 1.11 bits per heavy atom. The molecule has 0 spiro atoms. The van der Waals surface area contributed by atoms with Crippen LogP contribution in [-0.4, -0.2) is 16.4 Å². The van der Waals surface area contributed by atoms with Crippen LogP contribution in [0.4, 0.5) is 0 Å². The smallest absolute Gasteiger partial charge is 0.0796 e. The Morgan fingerprint density at radius 3 is 2.37 bits per heavy atom. The highest BCUT2D eigenvalue weighted by Gasteiger charge is 2.09. The second-order valence-electron chi connectivity index (χ2n) is 4.97. The van der Waals surface area contributed by atoms with Crippen molar-refractivity contribution in [2.24, 2.45) is 0 Å². The van der Waals surface area contributed by atoms with E-state index in [1.54, 1.807) is 0 Å². The number of nitrogens with zero attached hydrogens (tertiary/aromatic N) is 2. The van der Waals surface area contributed by atoms with Gasteiger partial charge < -0.3 is 4.74 Å². The maximum Gasteiger partial charge on any atom is 0.0796 e. The molecule has 0 fully saturated rings. The Kier molecular flexibility index (Phi) is 4.38. The second kappa shape index (κ2) is 6.02. The monoisotopic (exact) mass is 258 g/mol. The molecule has 0 bridgehead atoms. The van der Waals surface area contributed by atoms with Crippen LogP contribution < -0.4 is 0 Å². The lowest BCUT2D eigenvalue weighted by Gasteiger charge is -2.14. The van der Waals surface area contributed by atoms with Gasteiger partial charge in [0.1, 0.15) is 0 Å². The molecule has 0 radical (unpaired) electrons. The van der Waals surface area contributed by atoms with Crippen LogP contribution in [0.15, 0.2) is 36.5 Å². The first kappa shape index (κ1) is 13.8. The fourth-order valence-corrected chi connectivity index (χ4v) is 2.23. The molecule has 1 atom stereocenters. The molecule has 1 heterocycles. The normalized spacial score (nSPS) is 12.9. The largest absolute Gasteiger partial charge is 0.374 e. The molecular formula is C16H22N2O. The van der Waals surface area contributed by atoms with Crippen LogP contribution in [-0.2, 0) is 4.74 Å². The first-order chi connectivity index (χ1) is 9.13. The lowest BCUT2D eigenvalue weighted by atomic mass is 10.1. The van der Waals surface area contributed by atoms with Gasteiger partial charge in [-0.15, -0.1) is 0 Å². The summed E-state index contributed by atoms with van der Waals surface area (Å²) in [6.07, 6.45) is 2.00. The molecular weight excluding hydrogens is 236 g/mol. The van der Waals surface area contributed by atoms with E-state index >= 15 is 0 Å². The van der Waals surface area contributed by atoms with Gasteiger partial charge in [-0.25, -0.2) is 0 Å². The summed E-state index contributed by atoms with van der Waals surface area (Å²) >= 11 is 0. The van der Waals surface area contributed by atoms with Crippen molar-refractivity contribution in [2.45, 2.75) is 39.8 Å². The van der Waals surface area contributed by atoms with E-state index < -0.39 is 0 Å². The number of ether oxygens (including phenoxy) is 1. The molecule has 3 nitrogen and oxygen atoms in total. The summed E-state index contributed by atoms with van der Waals surface area (Å²) in [4.78, 5) is 0.